The van der Waals surface area contributed by atoms with Crippen molar-refractivity contribution in [2.75, 3.05) is 18.9 Å². The molecular formula is C23H31NO2S. The van der Waals surface area contributed by atoms with Crippen molar-refractivity contribution in [3.05, 3.63) is 64.7 Å². The summed E-state index contributed by atoms with van der Waals surface area (Å²) in [6.07, 6.45) is 0. The molecule has 0 radical (unpaired) electrons. The Balaban J connectivity index is 1.70. The molecule has 0 aliphatic heterocycles. The van der Waals surface area contributed by atoms with E-state index >= 15 is 0 Å². The van der Waals surface area contributed by atoms with E-state index in [0.717, 1.165) is 11.5 Å². The molecule has 2 aromatic rings. The van der Waals surface area contributed by atoms with Gasteiger partial charge in [-0.3, -0.25) is 4.79 Å². The van der Waals surface area contributed by atoms with Crippen molar-refractivity contribution in [3.8, 4) is 5.75 Å². The Hall–Kier alpha value is -1.94. The topological polar surface area (TPSA) is 38.3 Å². The van der Waals surface area contributed by atoms with Crippen molar-refractivity contribution in [2.45, 2.75) is 45.8 Å². The first-order valence-electron chi connectivity index (χ1n) is 9.39. The van der Waals surface area contributed by atoms with Crippen LogP contribution in [-0.2, 0) is 16.0 Å². The fourth-order valence-electron chi connectivity index (χ4n) is 3.03. The van der Waals surface area contributed by atoms with Gasteiger partial charge in [0, 0.05) is 5.75 Å². The first-order chi connectivity index (χ1) is 12.8. The summed E-state index contributed by atoms with van der Waals surface area (Å²) in [5, 5.41) is 2.94. The second-order valence-corrected chi connectivity index (χ2v) is 8.92. The number of aryl methyl sites for hydroxylation is 2. The van der Waals surface area contributed by atoms with Crippen LogP contribution in [0.2, 0.25) is 0 Å². The molecule has 3 nitrogen and oxygen atoms in total. The summed E-state index contributed by atoms with van der Waals surface area (Å²) in [5.41, 5.74) is 5.02. The quantitative estimate of drug-likeness (QED) is 0.648. The summed E-state index contributed by atoms with van der Waals surface area (Å²) in [6, 6.07) is 14.6. The predicted molar refractivity (Wildman–Crippen MR) is 116 cm³/mol. The maximum absolute atomic E-state index is 12.0. The average molecular weight is 386 g/mol. The van der Waals surface area contributed by atoms with Crippen molar-refractivity contribution < 1.29 is 9.53 Å². The van der Waals surface area contributed by atoms with Gasteiger partial charge in [-0.25, -0.2) is 0 Å². The number of rotatable bonds is 8. The van der Waals surface area contributed by atoms with Crippen molar-refractivity contribution >= 4 is 17.7 Å². The zero-order valence-corrected chi connectivity index (χ0v) is 17.9. The fraction of sp³-hybridized carbons (Fsp3) is 0.435. The minimum absolute atomic E-state index is 0.0324. The molecule has 0 aliphatic rings. The highest BCUT2D eigenvalue weighted by Gasteiger charge is 2.18. The van der Waals surface area contributed by atoms with Crippen LogP contribution in [0.5, 0.6) is 5.75 Å². The highest BCUT2D eigenvalue weighted by atomic mass is 32.2. The van der Waals surface area contributed by atoms with E-state index in [9.17, 15) is 4.79 Å². The van der Waals surface area contributed by atoms with E-state index in [-0.39, 0.29) is 11.3 Å². The number of carbonyl (C=O) groups excluding carboxylic acids is 1. The second kappa shape index (κ2) is 9.84. The number of carbonyl (C=O) groups is 1. The maximum atomic E-state index is 12.0. The molecule has 0 aromatic heterocycles. The van der Waals surface area contributed by atoms with Gasteiger partial charge < -0.3 is 10.1 Å². The molecule has 1 N–H and O–H groups in total. The van der Waals surface area contributed by atoms with E-state index in [1.54, 1.807) is 11.8 Å². The van der Waals surface area contributed by atoms with Gasteiger partial charge >= 0.3 is 0 Å². The third kappa shape index (κ3) is 7.30. The third-order valence-electron chi connectivity index (χ3n) is 4.16. The average Bonchev–Trinajstić information content (AvgIpc) is 2.57. The number of hydrogen-bond acceptors (Lipinski definition) is 3. The van der Waals surface area contributed by atoms with Gasteiger partial charge in [-0.2, -0.15) is 0 Å². The first kappa shape index (κ1) is 21.4. The summed E-state index contributed by atoms with van der Waals surface area (Å²) in [7, 11) is 0. The van der Waals surface area contributed by atoms with Crippen molar-refractivity contribution in [3.63, 3.8) is 0 Å². The minimum Gasteiger partial charge on any atom is -0.491 e. The Labute approximate surface area is 167 Å². The highest BCUT2D eigenvalue weighted by molar-refractivity contribution is 7.99. The molecule has 0 saturated carbocycles. The predicted octanol–water partition coefficient (Wildman–Crippen LogP) is 5.03. The molecule has 0 saturated heterocycles. The van der Waals surface area contributed by atoms with E-state index in [0.29, 0.717) is 18.9 Å². The van der Waals surface area contributed by atoms with Crippen molar-refractivity contribution in [2.24, 2.45) is 0 Å². The van der Waals surface area contributed by atoms with Crippen LogP contribution in [0.25, 0.3) is 0 Å². The van der Waals surface area contributed by atoms with E-state index < -0.39 is 0 Å². The van der Waals surface area contributed by atoms with E-state index in [1.165, 1.54) is 22.3 Å². The van der Waals surface area contributed by atoms with E-state index in [1.807, 2.05) is 18.2 Å². The number of ether oxygens (including phenoxy) is 1. The molecule has 4 heteroatoms. The second-order valence-electron chi connectivity index (χ2n) is 7.93. The van der Waals surface area contributed by atoms with Gasteiger partial charge in [0.25, 0.3) is 0 Å². The molecule has 1 amide bonds. The maximum Gasteiger partial charge on any atom is 0.230 e. The monoisotopic (exact) mass is 385 g/mol. The summed E-state index contributed by atoms with van der Waals surface area (Å²) < 4.78 is 5.89. The van der Waals surface area contributed by atoms with Gasteiger partial charge in [0.05, 0.1) is 12.3 Å². The largest absolute Gasteiger partial charge is 0.491 e. The molecule has 0 bridgehead atoms. The number of benzene rings is 2. The Morgan fingerprint density at radius 2 is 1.74 bits per heavy atom. The van der Waals surface area contributed by atoms with Crippen LogP contribution in [0.3, 0.4) is 0 Å². The molecule has 0 atom stereocenters. The lowest BCUT2D eigenvalue weighted by molar-refractivity contribution is -0.118. The standard InChI is InChI=1S/C23H31NO2S/c1-17-12-18(2)14-19(13-17)15-27-16-22(25)24-10-11-26-21-9-7-6-8-20(21)23(3,4)5/h6-9,12-14H,10-11,15-16H2,1-5H3,(H,24,25). The Bertz CT molecular complexity index is 745. The molecule has 0 aliphatic carbocycles. The zero-order valence-electron chi connectivity index (χ0n) is 17.1. The van der Waals surface area contributed by atoms with Crippen LogP contribution in [0.4, 0.5) is 0 Å². The lowest BCUT2D eigenvalue weighted by Gasteiger charge is -2.22. The lowest BCUT2D eigenvalue weighted by atomic mass is 9.86. The van der Waals surface area contributed by atoms with Crippen molar-refractivity contribution in [1.82, 2.24) is 5.32 Å². The Morgan fingerprint density at radius 1 is 1.07 bits per heavy atom. The number of amides is 1. The molecule has 0 fully saturated rings. The molecule has 0 spiro atoms. The van der Waals surface area contributed by atoms with Gasteiger partial charge in [-0.05, 0) is 36.5 Å². The number of para-hydroxylation sites is 1. The summed E-state index contributed by atoms with van der Waals surface area (Å²) >= 11 is 1.64. The summed E-state index contributed by atoms with van der Waals surface area (Å²) in [5.74, 6) is 2.26. The molecule has 2 rings (SSSR count). The highest BCUT2D eigenvalue weighted by Crippen LogP contribution is 2.30. The molecular weight excluding hydrogens is 354 g/mol. The van der Waals surface area contributed by atoms with Crippen LogP contribution in [0.1, 0.15) is 43.0 Å². The van der Waals surface area contributed by atoms with Crippen LogP contribution in [0, 0.1) is 13.8 Å². The molecule has 146 valence electrons. The smallest absolute Gasteiger partial charge is 0.230 e. The van der Waals surface area contributed by atoms with Crippen LogP contribution < -0.4 is 10.1 Å². The normalized spacial score (nSPS) is 11.3. The number of nitrogens with one attached hydrogen (secondary N) is 1. The van der Waals surface area contributed by atoms with E-state index in [2.05, 4.69) is 64.2 Å². The minimum atomic E-state index is 0.0324. The molecule has 0 unspecified atom stereocenters. The SMILES string of the molecule is Cc1cc(C)cc(CSCC(=O)NCCOc2ccccc2C(C)(C)C)c1. The summed E-state index contributed by atoms with van der Waals surface area (Å²) in [6.45, 7) is 11.7. The van der Waals surface area contributed by atoms with Crippen LogP contribution in [-0.4, -0.2) is 24.8 Å². The van der Waals surface area contributed by atoms with Gasteiger partial charge in [-0.1, -0.05) is 68.3 Å². The van der Waals surface area contributed by atoms with Gasteiger partial charge in [0.2, 0.25) is 5.91 Å². The third-order valence-corrected chi connectivity index (χ3v) is 5.16. The fourth-order valence-corrected chi connectivity index (χ4v) is 3.82. The van der Waals surface area contributed by atoms with Gasteiger partial charge in [-0.15, -0.1) is 11.8 Å². The lowest BCUT2D eigenvalue weighted by Crippen LogP contribution is -2.29. The van der Waals surface area contributed by atoms with Gasteiger partial charge in [0.1, 0.15) is 12.4 Å². The zero-order chi connectivity index (χ0) is 19.9. The van der Waals surface area contributed by atoms with Crippen LogP contribution >= 0.6 is 11.8 Å². The molecule has 27 heavy (non-hydrogen) atoms. The van der Waals surface area contributed by atoms with Crippen molar-refractivity contribution in [1.29, 1.82) is 0 Å². The Morgan fingerprint density at radius 3 is 2.41 bits per heavy atom. The molecule has 0 heterocycles. The number of thioether (sulfide) groups is 1. The Kier molecular flexibility index (Phi) is 7.78. The number of hydrogen-bond donors (Lipinski definition) is 1. The van der Waals surface area contributed by atoms with Gasteiger partial charge in [0.15, 0.2) is 0 Å². The van der Waals surface area contributed by atoms with E-state index in [4.69, 9.17) is 4.74 Å². The molecule has 2 aromatic carbocycles. The van der Waals surface area contributed by atoms with Crippen LogP contribution in [0.15, 0.2) is 42.5 Å². The first-order valence-corrected chi connectivity index (χ1v) is 10.5. The summed E-state index contributed by atoms with van der Waals surface area (Å²) in [4.78, 5) is 12.0.